The van der Waals surface area contributed by atoms with Crippen LogP contribution in [0, 0.1) is 6.92 Å². The Morgan fingerprint density at radius 3 is 2.73 bits per heavy atom. The first-order valence-electron chi connectivity index (χ1n) is 7.92. The van der Waals surface area contributed by atoms with E-state index in [2.05, 4.69) is 10.2 Å². The molecule has 1 saturated heterocycles. The normalized spacial score (nSPS) is 15.8. The summed E-state index contributed by atoms with van der Waals surface area (Å²) in [4.78, 5) is 14.5. The first-order valence-corrected chi connectivity index (χ1v) is 7.92. The molecule has 5 heteroatoms. The molecule has 1 fully saturated rings. The highest BCUT2D eigenvalue weighted by atomic mass is 16.5. The molecule has 22 heavy (non-hydrogen) atoms. The van der Waals surface area contributed by atoms with Gasteiger partial charge < -0.3 is 14.8 Å². The number of benzene rings is 1. The van der Waals surface area contributed by atoms with Crippen LogP contribution in [0.25, 0.3) is 0 Å². The highest BCUT2D eigenvalue weighted by Crippen LogP contribution is 2.20. The molecule has 0 bridgehead atoms. The summed E-state index contributed by atoms with van der Waals surface area (Å²) in [7, 11) is 0. The van der Waals surface area contributed by atoms with Crippen LogP contribution < -0.4 is 10.1 Å². The van der Waals surface area contributed by atoms with Crippen molar-refractivity contribution < 1.29 is 14.3 Å². The Morgan fingerprint density at radius 2 is 2.09 bits per heavy atom. The number of ether oxygens (including phenoxy) is 2. The number of hydrogen-bond acceptors (Lipinski definition) is 4. The fraction of sp³-hybridized carbons (Fsp3) is 0.588. The average molecular weight is 306 g/mol. The molecular formula is C17H26N2O3. The number of carbonyl (C=O) groups excluding carboxylic acids is 1. The van der Waals surface area contributed by atoms with Gasteiger partial charge in [0.25, 0.3) is 5.91 Å². The second-order valence-electron chi connectivity index (χ2n) is 5.86. The van der Waals surface area contributed by atoms with E-state index in [1.165, 1.54) is 0 Å². The van der Waals surface area contributed by atoms with E-state index in [1.54, 1.807) is 0 Å². The molecule has 1 aromatic carbocycles. The van der Waals surface area contributed by atoms with Crippen LogP contribution in [0.5, 0.6) is 5.75 Å². The molecule has 1 N–H and O–H groups in total. The predicted octanol–water partition coefficient (Wildman–Crippen LogP) is 1.84. The summed E-state index contributed by atoms with van der Waals surface area (Å²) in [6, 6.07) is 5.56. The van der Waals surface area contributed by atoms with Gasteiger partial charge in [-0.3, -0.25) is 9.69 Å². The van der Waals surface area contributed by atoms with Crippen molar-refractivity contribution in [3.05, 3.63) is 29.3 Å². The van der Waals surface area contributed by atoms with Gasteiger partial charge in [-0.25, -0.2) is 0 Å². The number of rotatable bonds is 6. The molecule has 1 aliphatic rings. The molecule has 122 valence electrons. The number of nitrogens with one attached hydrogen (secondary N) is 1. The van der Waals surface area contributed by atoms with Crippen LogP contribution in [-0.4, -0.2) is 56.3 Å². The lowest BCUT2D eigenvalue weighted by molar-refractivity contribution is 0.0383. The standard InChI is InChI=1S/C17H26N2O3/c1-13(2)22-16-5-4-15(12-14(16)3)17(20)18-6-7-19-8-10-21-11-9-19/h4-5,12-13H,6-11H2,1-3H3,(H,18,20). The lowest BCUT2D eigenvalue weighted by atomic mass is 10.1. The van der Waals surface area contributed by atoms with Gasteiger partial charge in [0.2, 0.25) is 0 Å². The van der Waals surface area contributed by atoms with Crippen molar-refractivity contribution in [2.24, 2.45) is 0 Å². The number of aryl methyl sites for hydroxylation is 1. The molecule has 1 amide bonds. The van der Waals surface area contributed by atoms with Crippen molar-refractivity contribution >= 4 is 5.91 Å². The Balaban J connectivity index is 1.82. The number of carbonyl (C=O) groups is 1. The Morgan fingerprint density at radius 1 is 1.36 bits per heavy atom. The zero-order valence-electron chi connectivity index (χ0n) is 13.7. The van der Waals surface area contributed by atoms with Crippen molar-refractivity contribution in [2.45, 2.75) is 26.9 Å². The van der Waals surface area contributed by atoms with Crippen molar-refractivity contribution in [3.63, 3.8) is 0 Å². The molecule has 5 nitrogen and oxygen atoms in total. The summed E-state index contributed by atoms with van der Waals surface area (Å²) in [5.41, 5.74) is 1.66. The molecule has 0 saturated carbocycles. The van der Waals surface area contributed by atoms with Gasteiger partial charge in [0.1, 0.15) is 5.75 Å². The minimum atomic E-state index is -0.0348. The Kier molecular flexibility index (Phi) is 6.21. The third-order valence-corrected chi connectivity index (χ3v) is 3.62. The smallest absolute Gasteiger partial charge is 0.251 e. The molecule has 1 aromatic rings. The minimum Gasteiger partial charge on any atom is -0.491 e. The van der Waals surface area contributed by atoms with Crippen molar-refractivity contribution in [2.75, 3.05) is 39.4 Å². The average Bonchev–Trinajstić information content (AvgIpc) is 2.50. The SMILES string of the molecule is Cc1cc(C(=O)NCCN2CCOCC2)ccc1OC(C)C. The molecule has 1 heterocycles. The van der Waals surface area contributed by atoms with E-state index in [9.17, 15) is 4.79 Å². The maximum Gasteiger partial charge on any atom is 0.251 e. The van der Waals surface area contributed by atoms with Crippen molar-refractivity contribution in [3.8, 4) is 5.75 Å². The zero-order valence-corrected chi connectivity index (χ0v) is 13.7. The van der Waals surface area contributed by atoms with E-state index in [4.69, 9.17) is 9.47 Å². The van der Waals surface area contributed by atoms with E-state index in [0.29, 0.717) is 12.1 Å². The highest BCUT2D eigenvalue weighted by molar-refractivity contribution is 5.94. The lowest BCUT2D eigenvalue weighted by Gasteiger charge is -2.26. The van der Waals surface area contributed by atoms with Gasteiger partial charge in [0, 0.05) is 31.7 Å². The van der Waals surface area contributed by atoms with Crippen molar-refractivity contribution in [1.29, 1.82) is 0 Å². The Bertz CT molecular complexity index is 497. The molecule has 0 aliphatic carbocycles. The summed E-state index contributed by atoms with van der Waals surface area (Å²) in [6.07, 6.45) is 0.131. The van der Waals surface area contributed by atoms with Gasteiger partial charge in [-0.1, -0.05) is 0 Å². The van der Waals surface area contributed by atoms with Gasteiger partial charge in [0.05, 0.1) is 19.3 Å². The topological polar surface area (TPSA) is 50.8 Å². The summed E-state index contributed by atoms with van der Waals surface area (Å²) < 4.78 is 11.0. The van der Waals surface area contributed by atoms with E-state index < -0.39 is 0 Å². The van der Waals surface area contributed by atoms with Gasteiger partial charge in [0.15, 0.2) is 0 Å². The van der Waals surface area contributed by atoms with Gasteiger partial charge in [-0.05, 0) is 44.5 Å². The number of morpholine rings is 1. The fourth-order valence-corrected chi connectivity index (χ4v) is 2.43. The Labute approximate surface area is 132 Å². The first-order chi connectivity index (χ1) is 10.6. The van der Waals surface area contributed by atoms with Crippen LogP contribution in [-0.2, 0) is 4.74 Å². The maximum absolute atomic E-state index is 12.2. The first kappa shape index (κ1) is 16.8. The van der Waals surface area contributed by atoms with Gasteiger partial charge >= 0.3 is 0 Å². The minimum absolute atomic E-state index is 0.0348. The quantitative estimate of drug-likeness (QED) is 0.871. The van der Waals surface area contributed by atoms with E-state index in [0.717, 1.165) is 44.2 Å². The highest BCUT2D eigenvalue weighted by Gasteiger charge is 2.12. The zero-order chi connectivity index (χ0) is 15.9. The molecule has 0 aromatic heterocycles. The van der Waals surface area contributed by atoms with Crippen LogP contribution in [0.2, 0.25) is 0 Å². The maximum atomic E-state index is 12.2. The number of amides is 1. The molecular weight excluding hydrogens is 280 g/mol. The van der Waals surface area contributed by atoms with Gasteiger partial charge in [-0.2, -0.15) is 0 Å². The van der Waals surface area contributed by atoms with E-state index in [1.807, 2.05) is 39.0 Å². The van der Waals surface area contributed by atoms with Crippen LogP contribution in [0.1, 0.15) is 29.8 Å². The molecule has 0 atom stereocenters. The van der Waals surface area contributed by atoms with Crippen LogP contribution in [0.4, 0.5) is 0 Å². The molecule has 0 radical (unpaired) electrons. The van der Waals surface area contributed by atoms with Crippen LogP contribution in [0.3, 0.4) is 0 Å². The number of nitrogens with zero attached hydrogens (tertiary/aromatic N) is 1. The Hall–Kier alpha value is -1.59. The third-order valence-electron chi connectivity index (χ3n) is 3.62. The molecule has 2 rings (SSSR count). The third kappa shape index (κ3) is 5.00. The predicted molar refractivity (Wildman–Crippen MR) is 86.5 cm³/mol. The van der Waals surface area contributed by atoms with Crippen LogP contribution in [0.15, 0.2) is 18.2 Å². The molecule has 1 aliphatic heterocycles. The largest absolute Gasteiger partial charge is 0.491 e. The van der Waals surface area contributed by atoms with E-state index >= 15 is 0 Å². The molecule has 0 spiro atoms. The number of hydrogen-bond donors (Lipinski definition) is 1. The van der Waals surface area contributed by atoms with Gasteiger partial charge in [-0.15, -0.1) is 0 Å². The molecule has 0 unspecified atom stereocenters. The second-order valence-corrected chi connectivity index (χ2v) is 5.86. The summed E-state index contributed by atoms with van der Waals surface area (Å²) >= 11 is 0. The summed E-state index contributed by atoms with van der Waals surface area (Å²) in [5, 5.41) is 2.97. The fourth-order valence-electron chi connectivity index (χ4n) is 2.43. The van der Waals surface area contributed by atoms with E-state index in [-0.39, 0.29) is 12.0 Å². The van der Waals surface area contributed by atoms with Crippen LogP contribution >= 0.6 is 0 Å². The second kappa shape index (κ2) is 8.15. The summed E-state index contributed by atoms with van der Waals surface area (Å²) in [6.45, 7) is 10.9. The monoisotopic (exact) mass is 306 g/mol. The summed E-state index contributed by atoms with van der Waals surface area (Å²) in [5.74, 6) is 0.798. The van der Waals surface area contributed by atoms with Crippen molar-refractivity contribution in [1.82, 2.24) is 10.2 Å². The lowest BCUT2D eigenvalue weighted by Crippen LogP contribution is -2.41.